The number of carbonyl (C=O) groups excluding carboxylic acids is 1. The van der Waals surface area contributed by atoms with E-state index in [-0.39, 0.29) is 5.56 Å². The van der Waals surface area contributed by atoms with Gasteiger partial charge in [0.15, 0.2) is 0 Å². The van der Waals surface area contributed by atoms with Crippen molar-refractivity contribution in [2.24, 2.45) is 0 Å². The summed E-state index contributed by atoms with van der Waals surface area (Å²) in [5.41, 5.74) is 1.67. The minimum Gasteiger partial charge on any atom is -0.265 e. The zero-order valence-corrected chi connectivity index (χ0v) is 7.88. The van der Waals surface area contributed by atoms with Gasteiger partial charge in [-0.25, -0.2) is 9.90 Å². The van der Waals surface area contributed by atoms with Crippen LogP contribution < -0.4 is 0 Å². The number of benzene rings is 1. The molecule has 0 aliphatic carbocycles. The molecule has 0 aliphatic rings. The molecule has 0 N–H and O–H groups in total. The van der Waals surface area contributed by atoms with E-state index in [9.17, 15) is 9.90 Å². The number of rotatable bonds is 2. The van der Waals surface area contributed by atoms with Crippen molar-refractivity contribution in [3.63, 3.8) is 0 Å². The average molecular weight is 198 g/mol. The van der Waals surface area contributed by atoms with Gasteiger partial charge in [-0.2, -0.15) is 0 Å². The first-order chi connectivity index (χ1) is 7.29. The number of aromatic nitrogens is 1. The Labute approximate surface area is 87.0 Å². The third-order valence-electron chi connectivity index (χ3n) is 2.14. The fourth-order valence-corrected chi connectivity index (χ4v) is 1.44. The third kappa shape index (κ3) is 1.86. The standard InChI is InChI=1S/C12H8NO2/c14-12(15)11-4-2-1-3-10(11)9-5-7-13-8-6-9/h1-8H. The van der Waals surface area contributed by atoms with E-state index in [2.05, 4.69) is 4.98 Å². The summed E-state index contributed by atoms with van der Waals surface area (Å²) in [6.07, 6.45) is 3.25. The minimum absolute atomic E-state index is 0.198. The van der Waals surface area contributed by atoms with Crippen molar-refractivity contribution in [3.8, 4) is 11.1 Å². The highest BCUT2D eigenvalue weighted by atomic mass is 16.4. The molecule has 0 atom stereocenters. The van der Waals surface area contributed by atoms with Crippen LogP contribution in [0.1, 0.15) is 10.4 Å². The van der Waals surface area contributed by atoms with Crippen molar-refractivity contribution in [2.75, 3.05) is 0 Å². The molecule has 3 heteroatoms. The van der Waals surface area contributed by atoms with Gasteiger partial charge in [0.2, 0.25) is 0 Å². The van der Waals surface area contributed by atoms with E-state index in [1.165, 1.54) is 6.07 Å². The zero-order chi connectivity index (χ0) is 10.7. The maximum absolute atomic E-state index is 10.9. The Hall–Kier alpha value is -2.16. The Morgan fingerprint density at radius 2 is 1.67 bits per heavy atom. The maximum Gasteiger partial charge on any atom is 0.386 e. The van der Waals surface area contributed by atoms with E-state index >= 15 is 0 Å². The fourth-order valence-electron chi connectivity index (χ4n) is 1.44. The predicted molar refractivity (Wildman–Crippen MR) is 54.7 cm³/mol. The molecule has 0 bridgehead atoms. The van der Waals surface area contributed by atoms with Crippen molar-refractivity contribution >= 4 is 5.97 Å². The predicted octanol–water partition coefficient (Wildman–Crippen LogP) is 2.32. The molecule has 73 valence electrons. The van der Waals surface area contributed by atoms with Gasteiger partial charge in [-0.3, -0.25) is 4.98 Å². The lowest BCUT2D eigenvalue weighted by Gasteiger charge is -2.03. The molecular formula is C12H8NO2. The topological polar surface area (TPSA) is 49.9 Å². The Kier molecular flexibility index (Phi) is 2.46. The first-order valence-electron chi connectivity index (χ1n) is 4.50. The summed E-state index contributed by atoms with van der Waals surface area (Å²) in [7, 11) is 0. The van der Waals surface area contributed by atoms with Crippen LogP contribution in [0.4, 0.5) is 0 Å². The summed E-state index contributed by atoms with van der Waals surface area (Å²) in [4.78, 5) is 14.8. The second-order valence-electron chi connectivity index (χ2n) is 3.07. The quantitative estimate of drug-likeness (QED) is 0.743. The molecule has 15 heavy (non-hydrogen) atoms. The Morgan fingerprint density at radius 3 is 2.33 bits per heavy atom. The van der Waals surface area contributed by atoms with E-state index in [4.69, 9.17) is 0 Å². The molecule has 1 heterocycles. The largest absolute Gasteiger partial charge is 0.386 e. The van der Waals surface area contributed by atoms with Crippen LogP contribution in [-0.2, 0) is 5.11 Å². The summed E-state index contributed by atoms with van der Waals surface area (Å²) in [6, 6.07) is 10.3. The van der Waals surface area contributed by atoms with Gasteiger partial charge in [0, 0.05) is 12.4 Å². The molecule has 2 rings (SSSR count). The molecule has 0 saturated heterocycles. The van der Waals surface area contributed by atoms with Crippen LogP contribution in [0.2, 0.25) is 0 Å². The smallest absolute Gasteiger partial charge is 0.265 e. The van der Waals surface area contributed by atoms with Crippen molar-refractivity contribution in [2.45, 2.75) is 0 Å². The highest BCUT2D eigenvalue weighted by Gasteiger charge is 2.11. The van der Waals surface area contributed by atoms with Gasteiger partial charge in [-0.05, 0) is 29.3 Å². The first kappa shape index (κ1) is 9.40. The van der Waals surface area contributed by atoms with Crippen LogP contribution in [0.3, 0.4) is 0 Å². The molecule has 0 spiro atoms. The summed E-state index contributed by atoms with van der Waals surface area (Å²) in [5.74, 6) is -1.16. The average Bonchev–Trinajstić information content (AvgIpc) is 2.30. The lowest BCUT2D eigenvalue weighted by Crippen LogP contribution is -1.97. The van der Waals surface area contributed by atoms with E-state index < -0.39 is 5.97 Å². The highest BCUT2D eigenvalue weighted by molar-refractivity contribution is 5.95. The molecular weight excluding hydrogens is 190 g/mol. The fraction of sp³-hybridized carbons (Fsp3) is 0. The molecule has 1 radical (unpaired) electrons. The van der Waals surface area contributed by atoms with E-state index in [1.807, 2.05) is 0 Å². The maximum atomic E-state index is 10.9. The molecule has 0 fully saturated rings. The third-order valence-corrected chi connectivity index (χ3v) is 2.14. The monoisotopic (exact) mass is 198 g/mol. The molecule has 3 nitrogen and oxygen atoms in total. The molecule has 0 amide bonds. The second kappa shape index (κ2) is 3.92. The van der Waals surface area contributed by atoms with Gasteiger partial charge < -0.3 is 0 Å². The van der Waals surface area contributed by atoms with Gasteiger partial charge in [-0.15, -0.1) is 0 Å². The number of carbonyl (C=O) groups is 1. The highest BCUT2D eigenvalue weighted by Crippen LogP contribution is 2.22. The van der Waals surface area contributed by atoms with Gasteiger partial charge in [0.05, 0.1) is 5.56 Å². The number of hydrogen-bond donors (Lipinski definition) is 0. The summed E-state index contributed by atoms with van der Waals surface area (Å²) in [6.45, 7) is 0. The van der Waals surface area contributed by atoms with Crippen LogP contribution in [0.25, 0.3) is 11.1 Å². The van der Waals surface area contributed by atoms with Gasteiger partial charge in [0.1, 0.15) is 0 Å². The van der Waals surface area contributed by atoms with Crippen LogP contribution in [0, 0.1) is 0 Å². The summed E-state index contributed by atoms with van der Waals surface area (Å²) in [5, 5.41) is 10.9. The summed E-state index contributed by atoms with van der Waals surface area (Å²) < 4.78 is 0. The van der Waals surface area contributed by atoms with Crippen LogP contribution >= 0.6 is 0 Å². The van der Waals surface area contributed by atoms with Gasteiger partial charge >= 0.3 is 5.97 Å². The van der Waals surface area contributed by atoms with Gasteiger partial charge in [-0.1, -0.05) is 18.2 Å². The Balaban J connectivity index is 2.58. The minimum atomic E-state index is -1.16. The van der Waals surface area contributed by atoms with Crippen molar-refractivity contribution in [3.05, 3.63) is 54.4 Å². The lowest BCUT2D eigenvalue weighted by molar-refractivity contribution is 0.0574. The van der Waals surface area contributed by atoms with E-state index in [1.54, 1.807) is 42.7 Å². The molecule has 1 aromatic carbocycles. The van der Waals surface area contributed by atoms with Crippen LogP contribution in [0.5, 0.6) is 0 Å². The van der Waals surface area contributed by atoms with E-state index in [0.717, 1.165) is 5.56 Å². The molecule has 0 saturated carbocycles. The van der Waals surface area contributed by atoms with Crippen molar-refractivity contribution < 1.29 is 9.90 Å². The lowest BCUT2D eigenvalue weighted by atomic mass is 10.0. The number of hydrogen-bond acceptors (Lipinski definition) is 2. The number of pyridine rings is 1. The van der Waals surface area contributed by atoms with Crippen LogP contribution in [0.15, 0.2) is 48.8 Å². The molecule has 0 unspecified atom stereocenters. The normalized spacial score (nSPS) is 9.87. The van der Waals surface area contributed by atoms with Crippen molar-refractivity contribution in [1.29, 1.82) is 0 Å². The summed E-state index contributed by atoms with van der Waals surface area (Å²) >= 11 is 0. The second-order valence-corrected chi connectivity index (χ2v) is 3.07. The Bertz CT molecular complexity index is 480. The van der Waals surface area contributed by atoms with E-state index in [0.29, 0.717) is 5.56 Å². The first-order valence-corrected chi connectivity index (χ1v) is 4.50. The molecule has 0 aliphatic heterocycles. The molecule has 1 aromatic heterocycles. The van der Waals surface area contributed by atoms with Gasteiger partial charge in [0.25, 0.3) is 0 Å². The SMILES string of the molecule is [O]C(=O)c1ccccc1-c1ccncc1. The molecule has 2 aromatic rings. The van der Waals surface area contributed by atoms with Crippen molar-refractivity contribution in [1.82, 2.24) is 4.98 Å². The Morgan fingerprint density at radius 1 is 1.00 bits per heavy atom. The van der Waals surface area contributed by atoms with Crippen LogP contribution in [-0.4, -0.2) is 11.0 Å². The zero-order valence-electron chi connectivity index (χ0n) is 7.88. The number of nitrogens with zero attached hydrogens (tertiary/aromatic N) is 1.